The number of hydrogen-bond acceptors (Lipinski definition) is 3. The first-order valence-electron chi connectivity index (χ1n) is 5.75. The number of pyridine rings is 1. The molecule has 0 aliphatic rings. The summed E-state index contributed by atoms with van der Waals surface area (Å²) in [5, 5.41) is 2.10. The number of rotatable bonds is 2. The SMILES string of the molecule is Nc1ccc(NC(=O)c2cccc(=O)[nH]2)c(C(F)(F)F)c1. The van der Waals surface area contributed by atoms with Gasteiger partial charge in [0.2, 0.25) is 5.56 Å². The lowest BCUT2D eigenvalue weighted by molar-refractivity contribution is -0.136. The number of H-pyrrole nitrogens is 1. The molecule has 0 aliphatic heterocycles. The van der Waals surface area contributed by atoms with Crippen molar-refractivity contribution in [2.75, 3.05) is 11.1 Å². The minimum Gasteiger partial charge on any atom is -0.399 e. The molecule has 0 saturated carbocycles. The van der Waals surface area contributed by atoms with Gasteiger partial charge in [0.05, 0.1) is 11.3 Å². The molecule has 0 radical (unpaired) electrons. The first kappa shape index (κ1) is 14.6. The van der Waals surface area contributed by atoms with Gasteiger partial charge >= 0.3 is 6.18 Å². The van der Waals surface area contributed by atoms with Crippen molar-refractivity contribution in [3.8, 4) is 0 Å². The fourth-order valence-corrected chi connectivity index (χ4v) is 1.68. The second kappa shape index (κ2) is 5.31. The zero-order chi connectivity index (χ0) is 15.6. The Balaban J connectivity index is 2.36. The molecule has 0 atom stereocenters. The van der Waals surface area contributed by atoms with Crippen molar-refractivity contribution in [1.82, 2.24) is 4.98 Å². The number of amides is 1. The molecular weight excluding hydrogens is 287 g/mol. The Morgan fingerprint density at radius 3 is 2.52 bits per heavy atom. The fourth-order valence-electron chi connectivity index (χ4n) is 1.68. The quantitative estimate of drug-likeness (QED) is 0.743. The first-order chi connectivity index (χ1) is 9.77. The van der Waals surface area contributed by atoms with E-state index in [9.17, 15) is 22.8 Å². The minimum absolute atomic E-state index is 0.0755. The Morgan fingerprint density at radius 2 is 1.90 bits per heavy atom. The second-order valence-corrected chi connectivity index (χ2v) is 4.19. The van der Waals surface area contributed by atoms with Crippen LogP contribution >= 0.6 is 0 Å². The van der Waals surface area contributed by atoms with Gasteiger partial charge in [0.15, 0.2) is 0 Å². The molecule has 0 spiro atoms. The van der Waals surface area contributed by atoms with Gasteiger partial charge in [-0.25, -0.2) is 0 Å². The molecule has 21 heavy (non-hydrogen) atoms. The molecule has 1 aromatic heterocycles. The van der Waals surface area contributed by atoms with Crippen LogP contribution in [0.4, 0.5) is 24.5 Å². The lowest BCUT2D eigenvalue weighted by Gasteiger charge is -2.14. The number of hydrogen-bond donors (Lipinski definition) is 3. The number of aromatic nitrogens is 1. The van der Waals surface area contributed by atoms with Gasteiger partial charge in [-0.1, -0.05) is 6.07 Å². The van der Waals surface area contributed by atoms with Crippen LogP contribution < -0.4 is 16.6 Å². The molecule has 0 aliphatic carbocycles. The Kier molecular flexibility index (Phi) is 3.70. The molecule has 1 aromatic carbocycles. The average molecular weight is 297 g/mol. The summed E-state index contributed by atoms with van der Waals surface area (Å²) in [5.74, 6) is -0.858. The molecule has 8 heteroatoms. The van der Waals surface area contributed by atoms with Crippen molar-refractivity contribution in [3.05, 3.63) is 58.0 Å². The summed E-state index contributed by atoms with van der Waals surface area (Å²) in [7, 11) is 0. The van der Waals surface area contributed by atoms with Crippen LogP contribution in [0.1, 0.15) is 16.1 Å². The van der Waals surface area contributed by atoms with Crippen LogP contribution in [0.25, 0.3) is 0 Å². The van der Waals surface area contributed by atoms with Gasteiger partial charge in [-0.2, -0.15) is 13.2 Å². The van der Waals surface area contributed by atoms with Crippen molar-refractivity contribution in [1.29, 1.82) is 0 Å². The van der Waals surface area contributed by atoms with E-state index in [2.05, 4.69) is 10.3 Å². The predicted octanol–water partition coefficient (Wildman–Crippen LogP) is 2.23. The smallest absolute Gasteiger partial charge is 0.399 e. The Bertz CT molecular complexity index is 738. The molecule has 110 valence electrons. The van der Waals surface area contributed by atoms with E-state index in [4.69, 9.17) is 5.73 Å². The summed E-state index contributed by atoms with van der Waals surface area (Å²) < 4.78 is 38.6. The van der Waals surface area contributed by atoms with E-state index in [-0.39, 0.29) is 11.4 Å². The van der Waals surface area contributed by atoms with Gasteiger partial charge in [0, 0.05) is 11.8 Å². The number of nitrogens with one attached hydrogen (secondary N) is 2. The average Bonchev–Trinajstić information content (AvgIpc) is 2.39. The van der Waals surface area contributed by atoms with E-state index in [1.807, 2.05) is 0 Å². The maximum absolute atomic E-state index is 12.9. The lowest BCUT2D eigenvalue weighted by Crippen LogP contribution is -2.20. The predicted molar refractivity (Wildman–Crippen MR) is 70.9 cm³/mol. The van der Waals surface area contributed by atoms with Crippen LogP contribution in [-0.2, 0) is 6.18 Å². The highest BCUT2D eigenvalue weighted by Gasteiger charge is 2.34. The van der Waals surface area contributed by atoms with Gasteiger partial charge in [-0.05, 0) is 24.3 Å². The van der Waals surface area contributed by atoms with Gasteiger partial charge in [-0.15, -0.1) is 0 Å². The Hall–Kier alpha value is -2.77. The van der Waals surface area contributed by atoms with Gasteiger partial charge in [-0.3, -0.25) is 9.59 Å². The van der Waals surface area contributed by atoms with E-state index >= 15 is 0 Å². The molecule has 0 unspecified atom stereocenters. The minimum atomic E-state index is -4.66. The zero-order valence-electron chi connectivity index (χ0n) is 10.5. The number of nitrogen functional groups attached to an aromatic ring is 1. The summed E-state index contributed by atoms with van der Waals surface area (Å²) in [6.45, 7) is 0. The van der Waals surface area contributed by atoms with E-state index in [0.717, 1.165) is 12.1 Å². The van der Waals surface area contributed by atoms with Gasteiger partial charge < -0.3 is 16.0 Å². The number of carbonyl (C=O) groups excluding carboxylic acids is 1. The van der Waals surface area contributed by atoms with Crippen molar-refractivity contribution in [2.45, 2.75) is 6.18 Å². The van der Waals surface area contributed by atoms with E-state index in [0.29, 0.717) is 0 Å². The van der Waals surface area contributed by atoms with Crippen LogP contribution in [0.2, 0.25) is 0 Å². The number of aromatic amines is 1. The van der Waals surface area contributed by atoms with Crippen molar-refractivity contribution in [2.24, 2.45) is 0 Å². The van der Waals surface area contributed by atoms with Crippen molar-refractivity contribution >= 4 is 17.3 Å². The largest absolute Gasteiger partial charge is 0.418 e. The molecule has 0 bridgehead atoms. The van der Waals surface area contributed by atoms with Crippen molar-refractivity contribution < 1.29 is 18.0 Å². The number of benzene rings is 1. The molecule has 1 amide bonds. The maximum atomic E-state index is 12.9. The molecule has 4 N–H and O–H groups in total. The third-order valence-electron chi connectivity index (χ3n) is 2.61. The summed E-state index contributed by atoms with van der Waals surface area (Å²) in [6, 6.07) is 6.79. The fraction of sp³-hybridized carbons (Fsp3) is 0.0769. The molecule has 0 fully saturated rings. The summed E-state index contributed by atoms with van der Waals surface area (Å²) in [6.07, 6.45) is -4.66. The first-order valence-corrected chi connectivity index (χ1v) is 5.75. The second-order valence-electron chi connectivity index (χ2n) is 4.19. The van der Waals surface area contributed by atoms with Crippen LogP contribution in [0, 0.1) is 0 Å². The topological polar surface area (TPSA) is 88.0 Å². The summed E-state index contributed by atoms with van der Waals surface area (Å²) in [4.78, 5) is 25.2. The molecule has 2 rings (SSSR count). The van der Waals surface area contributed by atoms with E-state index < -0.39 is 28.9 Å². The highest BCUT2D eigenvalue weighted by Crippen LogP contribution is 2.36. The number of alkyl halides is 3. The third-order valence-corrected chi connectivity index (χ3v) is 2.61. The monoisotopic (exact) mass is 297 g/mol. The van der Waals surface area contributed by atoms with Crippen LogP contribution in [0.3, 0.4) is 0 Å². The molecule has 2 aromatic rings. The highest BCUT2D eigenvalue weighted by molar-refractivity contribution is 6.03. The number of nitrogens with two attached hydrogens (primary N) is 1. The number of halogens is 3. The Morgan fingerprint density at radius 1 is 1.19 bits per heavy atom. The third kappa shape index (κ3) is 3.41. The zero-order valence-corrected chi connectivity index (χ0v) is 10.5. The number of anilines is 2. The molecule has 5 nitrogen and oxygen atoms in total. The number of carbonyl (C=O) groups is 1. The maximum Gasteiger partial charge on any atom is 0.418 e. The van der Waals surface area contributed by atoms with E-state index in [1.165, 1.54) is 24.3 Å². The summed E-state index contributed by atoms with van der Waals surface area (Å²) in [5.41, 5.74) is 3.07. The highest BCUT2D eigenvalue weighted by atomic mass is 19.4. The van der Waals surface area contributed by atoms with Crippen molar-refractivity contribution in [3.63, 3.8) is 0 Å². The lowest BCUT2D eigenvalue weighted by atomic mass is 10.1. The van der Waals surface area contributed by atoms with E-state index in [1.54, 1.807) is 0 Å². The normalized spacial score (nSPS) is 11.2. The summed E-state index contributed by atoms with van der Waals surface area (Å²) >= 11 is 0. The Labute approximate surface area is 116 Å². The van der Waals surface area contributed by atoms with Crippen LogP contribution in [-0.4, -0.2) is 10.9 Å². The van der Waals surface area contributed by atoms with Gasteiger partial charge in [0.25, 0.3) is 5.91 Å². The standard InChI is InChI=1S/C13H10F3N3O2/c14-13(15,16)8-6-7(17)4-5-9(8)19-12(21)10-2-1-3-11(20)18-10/h1-6H,17H2,(H,18,20)(H,19,21). The molecule has 1 heterocycles. The molecule has 0 saturated heterocycles. The van der Waals surface area contributed by atoms with Crippen LogP contribution in [0.15, 0.2) is 41.2 Å². The van der Waals surface area contributed by atoms with Crippen LogP contribution in [0.5, 0.6) is 0 Å². The van der Waals surface area contributed by atoms with Gasteiger partial charge in [0.1, 0.15) is 5.69 Å². The molecular formula is C13H10F3N3O2.